The highest BCUT2D eigenvalue weighted by molar-refractivity contribution is 5.87. The van der Waals surface area contributed by atoms with Crippen LogP contribution in [0.4, 0.5) is 6.01 Å². The van der Waals surface area contributed by atoms with E-state index in [1.54, 1.807) is 32.2 Å². The third-order valence-corrected chi connectivity index (χ3v) is 9.59. The number of nitrogens with one attached hydrogen (secondary N) is 4. The van der Waals surface area contributed by atoms with Gasteiger partial charge in [-0.2, -0.15) is 9.97 Å². The second kappa shape index (κ2) is 19.8. The van der Waals surface area contributed by atoms with E-state index in [4.69, 9.17) is 32.9 Å². The van der Waals surface area contributed by atoms with Gasteiger partial charge in [-0.05, 0) is 81.1 Å². The molecule has 0 aliphatic rings. The Morgan fingerprint density at radius 1 is 0.651 bits per heavy atom. The predicted octanol–water partition coefficient (Wildman–Crippen LogP) is 5.54. The fourth-order valence-electron chi connectivity index (χ4n) is 6.80. The van der Waals surface area contributed by atoms with Crippen molar-refractivity contribution in [2.24, 2.45) is 0 Å². The van der Waals surface area contributed by atoms with E-state index in [1.807, 2.05) is 52.0 Å². The van der Waals surface area contributed by atoms with E-state index in [-0.39, 0.29) is 28.1 Å². The van der Waals surface area contributed by atoms with E-state index in [0.29, 0.717) is 83.8 Å². The number of pyridine rings is 1. The summed E-state index contributed by atoms with van der Waals surface area (Å²) in [6.45, 7) is 12.6. The molecule has 4 aromatic heterocycles. The number of rotatable bonds is 15. The molecule has 330 valence electrons. The lowest BCUT2D eigenvalue weighted by Gasteiger charge is -2.14. The van der Waals surface area contributed by atoms with Crippen LogP contribution in [0.15, 0.2) is 56.6 Å². The zero-order valence-corrected chi connectivity index (χ0v) is 36.7. The Morgan fingerprint density at radius 2 is 1.21 bits per heavy atom. The molecule has 4 heterocycles. The van der Waals surface area contributed by atoms with Gasteiger partial charge in [0.1, 0.15) is 64.4 Å². The number of methoxy groups -OCH3 is 4. The van der Waals surface area contributed by atoms with Gasteiger partial charge in [0.2, 0.25) is 11.8 Å². The van der Waals surface area contributed by atoms with Crippen LogP contribution in [0.25, 0.3) is 44.7 Å². The van der Waals surface area contributed by atoms with Gasteiger partial charge in [-0.3, -0.25) is 14.4 Å². The molecule has 3 aromatic carbocycles. The van der Waals surface area contributed by atoms with Gasteiger partial charge in [-0.15, -0.1) is 0 Å². The zero-order valence-electron chi connectivity index (χ0n) is 36.7. The summed E-state index contributed by atoms with van der Waals surface area (Å²) in [6.07, 6.45) is 0. The topological polar surface area (TPSA) is 240 Å². The predicted molar refractivity (Wildman–Crippen MR) is 236 cm³/mol. The van der Waals surface area contributed by atoms with Crippen LogP contribution in [0.5, 0.6) is 34.6 Å². The number of aromatic nitrogens is 7. The molecule has 0 unspecified atom stereocenters. The van der Waals surface area contributed by atoms with Crippen molar-refractivity contribution in [3.63, 3.8) is 0 Å². The van der Waals surface area contributed by atoms with E-state index in [2.05, 4.69) is 45.7 Å². The standard InChI is InChI=1S/C23H25N5O5.C21H24N4O5/c1-12-8-15(9-13(2)20(12)32-7-6-24-23-25-14(3)28-33-23)21-26-17-10-16(30-4)11-18(31-5)19(17)22(29)27-21;1-11-8-14(9-12(2)18(11)30-7-6-22-13(3)26)19-24-20-17(21(27)25-19)15(28-4)10-16(23-20)29-5/h8-11H,6-7H2,1-5H3,(H,24,25,28)(H,26,27,29);8-10H,6-7H2,1-5H3,(H,22,26)(H,23,24,25,27). The zero-order chi connectivity index (χ0) is 45.4. The first-order chi connectivity index (χ1) is 30.2. The van der Waals surface area contributed by atoms with Crippen molar-refractivity contribution < 1.29 is 37.7 Å². The van der Waals surface area contributed by atoms with Crippen molar-refractivity contribution in [2.45, 2.75) is 41.5 Å². The molecule has 19 heteroatoms. The Kier molecular flexibility index (Phi) is 14.1. The molecule has 19 nitrogen and oxygen atoms in total. The number of H-pyrrole nitrogens is 2. The van der Waals surface area contributed by atoms with E-state index < -0.39 is 0 Å². The molecule has 7 rings (SSSR count). The maximum atomic E-state index is 12.8. The van der Waals surface area contributed by atoms with Gasteiger partial charge in [0.15, 0.2) is 11.5 Å². The smallest absolute Gasteiger partial charge is 0.321 e. The van der Waals surface area contributed by atoms with Gasteiger partial charge in [-0.25, -0.2) is 9.97 Å². The van der Waals surface area contributed by atoms with Crippen molar-refractivity contribution in [2.75, 3.05) is 60.1 Å². The molecule has 1 amide bonds. The lowest BCUT2D eigenvalue weighted by Crippen LogP contribution is -2.25. The minimum absolute atomic E-state index is 0.101. The number of amides is 1. The van der Waals surface area contributed by atoms with Crippen LogP contribution >= 0.6 is 0 Å². The Labute approximate surface area is 361 Å². The van der Waals surface area contributed by atoms with E-state index >= 15 is 0 Å². The van der Waals surface area contributed by atoms with Crippen LogP contribution < -0.4 is 50.2 Å². The quantitative estimate of drug-likeness (QED) is 0.0925. The average Bonchev–Trinajstić information content (AvgIpc) is 3.68. The van der Waals surface area contributed by atoms with E-state index in [9.17, 15) is 14.4 Å². The molecule has 0 saturated heterocycles. The Morgan fingerprint density at radius 3 is 1.73 bits per heavy atom. The molecule has 0 radical (unpaired) electrons. The SMILES string of the molecule is COc1cc(OC)c2c(=O)[nH]c(-c3cc(C)c(OCCNC(C)=O)c(C)c3)nc2n1.COc1cc(OC)c2c(=O)[nH]c(-c3cc(C)c(OCCNc4nc(C)no4)c(C)c3)nc2c1. The van der Waals surface area contributed by atoms with Gasteiger partial charge in [0.25, 0.3) is 11.1 Å². The van der Waals surface area contributed by atoms with Gasteiger partial charge in [0.05, 0.1) is 47.0 Å². The highest BCUT2D eigenvalue weighted by atomic mass is 16.5. The third-order valence-electron chi connectivity index (χ3n) is 9.59. The summed E-state index contributed by atoms with van der Waals surface area (Å²) in [5.41, 5.74) is 5.19. The lowest BCUT2D eigenvalue weighted by atomic mass is 10.0. The number of aromatic amines is 2. The highest BCUT2D eigenvalue weighted by Crippen LogP contribution is 2.33. The molecule has 0 spiro atoms. The van der Waals surface area contributed by atoms with Crippen molar-refractivity contribution in [1.82, 2.24) is 40.4 Å². The normalized spacial score (nSPS) is 10.8. The largest absolute Gasteiger partial charge is 0.497 e. The molecule has 7 aromatic rings. The monoisotopic (exact) mass is 863 g/mol. The number of carbonyl (C=O) groups excluding carboxylic acids is 1. The molecule has 63 heavy (non-hydrogen) atoms. The number of hydrogen-bond acceptors (Lipinski definition) is 16. The number of fused-ring (bicyclic) bond motifs is 2. The summed E-state index contributed by atoms with van der Waals surface area (Å²) >= 11 is 0. The minimum atomic E-state index is -0.354. The van der Waals surface area contributed by atoms with Crippen LogP contribution in [-0.2, 0) is 4.79 Å². The molecule has 0 aliphatic carbocycles. The number of anilines is 1. The molecular weight excluding hydrogens is 815 g/mol. The Bertz CT molecular complexity index is 2860. The summed E-state index contributed by atoms with van der Waals surface area (Å²) < 4.78 is 37.9. The molecule has 0 saturated carbocycles. The van der Waals surface area contributed by atoms with E-state index in [0.717, 1.165) is 44.9 Å². The second-order valence-corrected chi connectivity index (χ2v) is 14.3. The summed E-state index contributed by atoms with van der Waals surface area (Å²) in [4.78, 5) is 59.7. The summed E-state index contributed by atoms with van der Waals surface area (Å²) in [7, 11) is 6.02. The van der Waals surface area contributed by atoms with E-state index in [1.165, 1.54) is 28.3 Å². The van der Waals surface area contributed by atoms with Crippen LogP contribution in [0.3, 0.4) is 0 Å². The molecule has 4 N–H and O–H groups in total. The highest BCUT2D eigenvalue weighted by Gasteiger charge is 2.18. The van der Waals surface area contributed by atoms with Gasteiger partial charge >= 0.3 is 6.01 Å². The summed E-state index contributed by atoms with van der Waals surface area (Å²) in [6, 6.07) is 12.9. The maximum Gasteiger partial charge on any atom is 0.321 e. The Balaban J connectivity index is 0.000000211. The molecule has 0 bridgehead atoms. The average molecular weight is 864 g/mol. The summed E-state index contributed by atoms with van der Waals surface area (Å²) in [5, 5.41) is 10.1. The van der Waals surface area contributed by atoms with Crippen molar-refractivity contribution in [3.8, 4) is 57.4 Å². The molecule has 0 aliphatic heterocycles. The number of aryl methyl sites for hydroxylation is 5. The molecule has 0 atom stereocenters. The number of hydrogen-bond donors (Lipinski definition) is 4. The first kappa shape index (κ1) is 44.8. The number of nitrogens with zero attached hydrogens (tertiary/aromatic N) is 5. The first-order valence-corrected chi connectivity index (χ1v) is 19.7. The van der Waals surface area contributed by atoms with Crippen LogP contribution in [-0.4, -0.2) is 95.7 Å². The number of benzene rings is 3. The first-order valence-electron chi connectivity index (χ1n) is 19.7. The van der Waals surface area contributed by atoms with Crippen molar-refractivity contribution in [1.29, 1.82) is 0 Å². The van der Waals surface area contributed by atoms with Gasteiger partial charge < -0.3 is 53.5 Å². The number of ether oxygens (including phenoxy) is 6. The fourth-order valence-corrected chi connectivity index (χ4v) is 6.80. The van der Waals surface area contributed by atoms with Crippen molar-refractivity contribution >= 4 is 33.9 Å². The maximum absolute atomic E-state index is 12.8. The van der Waals surface area contributed by atoms with Crippen molar-refractivity contribution in [3.05, 3.63) is 91.3 Å². The molecular formula is C44H49N9O10. The van der Waals surface area contributed by atoms with Gasteiger partial charge in [0, 0.05) is 36.2 Å². The van der Waals surface area contributed by atoms with Crippen LogP contribution in [0.2, 0.25) is 0 Å². The Hall–Kier alpha value is -7.70. The minimum Gasteiger partial charge on any atom is -0.497 e. The van der Waals surface area contributed by atoms with Crippen LogP contribution in [0, 0.1) is 34.6 Å². The second-order valence-electron chi connectivity index (χ2n) is 14.3. The fraction of sp³-hybridized carbons (Fsp3) is 0.318. The molecule has 0 fully saturated rings. The summed E-state index contributed by atoms with van der Waals surface area (Å²) in [5.74, 6) is 4.41. The third kappa shape index (κ3) is 10.4. The number of carbonyl (C=O) groups is 1. The van der Waals surface area contributed by atoms with Gasteiger partial charge in [-0.1, -0.05) is 5.16 Å². The van der Waals surface area contributed by atoms with Crippen LogP contribution in [0.1, 0.15) is 35.0 Å². The lowest BCUT2D eigenvalue weighted by molar-refractivity contribution is -0.119.